The molecule has 2 heterocycles. The molecule has 1 unspecified atom stereocenters. The number of pyridine rings is 1. The van der Waals surface area contributed by atoms with Crippen LogP contribution < -0.4 is 0 Å². The molecule has 1 atom stereocenters. The molecule has 1 aliphatic rings. The SMILES string of the molecule is O=C1C(=O)N(Cc2cccnc2)C(c2ccc(O)cc2)/C1=C(/O)c1cccc2ccccc12. The molecule has 0 saturated carbocycles. The molecule has 1 fully saturated rings. The minimum atomic E-state index is -0.815. The van der Waals surface area contributed by atoms with E-state index in [4.69, 9.17) is 0 Å². The molecule has 1 aliphatic heterocycles. The number of hydrogen-bond donors (Lipinski definition) is 2. The van der Waals surface area contributed by atoms with Crippen LogP contribution in [0.15, 0.2) is 96.8 Å². The summed E-state index contributed by atoms with van der Waals surface area (Å²) >= 11 is 0. The molecule has 6 nitrogen and oxygen atoms in total. The van der Waals surface area contributed by atoms with Crippen molar-refractivity contribution in [2.75, 3.05) is 0 Å². The fourth-order valence-corrected chi connectivity index (χ4v) is 4.31. The zero-order valence-corrected chi connectivity index (χ0v) is 17.6. The van der Waals surface area contributed by atoms with Crippen molar-refractivity contribution >= 4 is 28.2 Å². The number of aromatic nitrogens is 1. The summed E-state index contributed by atoms with van der Waals surface area (Å²) in [6, 6.07) is 22.1. The third-order valence-corrected chi connectivity index (χ3v) is 5.87. The topological polar surface area (TPSA) is 90.7 Å². The molecule has 1 aromatic heterocycles. The van der Waals surface area contributed by atoms with E-state index >= 15 is 0 Å². The molecular weight excluding hydrogens is 416 g/mol. The van der Waals surface area contributed by atoms with E-state index in [0.29, 0.717) is 11.1 Å². The van der Waals surface area contributed by atoms with Gasteiger partial charge in [-0.15, -0.1) is 0 Å². The summed E-state index contributed by atoms with van der Waals surface area (Å²) in [5.41, 5.74) is 1.87. The molecule has 1 amide bonds. The minimum absolute atomic E-state index is 0.0194. The Hall–Kier alpha value is -4.45. The molecule has 1 saturated heterocycles. The van der Waals surface area contributed by atoms with Gasteiger partial charge in [-0.2, -0.15) is 0 Å². The number of hydrogen-bond acceptors (Lipinski definition) is 5. The van der Waals surface area contributed by atoms with E-state index in [1.54, 1.807) is 42.7 Å². The maximum Gasteiger partial charge on any atom is 0.295 e. The monoisotopic (exact) mass is 436 g/mol. The zero-order valence-electron chi connectivity index (χ0n) is 17.6. The smallest absolute Gasteiger partial charge is 0.295 e. The molecule has 5 rings (SSSR count). The highest BCUT2D eigenvalue weighted by Crippen LogP contribution is 2.41. The number of rotatable bonds is 4. The zero-order chi connectivity index (χ0) is 22.9. The predicted octanol–water partition coefficient (Wildman–Crippen LogP) is 4.56. The maximum atomic E-state index is 13.2. The van der Waals surface area contributed by atoms with Gasteiger partial charge in [0.1, 0.15) is 11.5 Å². The van der Waals surface area contributed by atoms with Crippen molar-refractivity contribution in [3.63, 3.8) is 0 Å². The second kappa shape index (κ2) is 8.24. The lowest BCUT2D eigenvalue weighted by Gasteiger charge is -2.25. The molecule has 33 heavy (non-hydrogen) atoms. The van der Waals surface area contributed by atoms with E-state index in [1.165, 1.54) is 17.0 Å². The highest BCUT2D eigenvalue weighted by Gasteiger charge is 2.46. The summed E-state index contributed by atoms with van der Waals surface area (Å²) in [6.07, 6.45) is 3.27. The first-order valence-electron chi connectivity index (χ1n) is 10.5. The van der Waals surface area contributed by atoms with Crippen molar-refractivity contribution in [2.45, 2.75) is 12.6 Å². The number of likely N-dealkylation sites (tertiary alicyclic amines) is 1. The Kier molecular flexibility index (Phi) is 5.11. The van der Waals surface area contributed by atoms with Gasteiger partial charge in [0.05, 0.1) is 11.6 Å². The van der Waals surface area contributed by atoms with Crippen molar-refractivity contribution in [1.82, 2.24) is 9.88 Å². The number of carbonyl (C=O) groups excluding carboxylic acids is 2. The first-order valence-corrected chi connectivity index (χ1v) is 10.5. The van der Waals surface area contributed by atoms with Gasteiger partial charge in [0.25, 0.3) is 11.7 Å². The van der Waals surface area contributed by atoms with Crippen LogP contribution in [0.4, 0.5) is 0 Å². The number of aromatic hydroxyl groups is 1. The molecule has 0 aliphatic carbocycles. The number of ketones is 1. The van der Waals surface area contributed by atoms with Gasteiger partial charge in [-0.3, -0.25) is 14.6 Å². The largest absolute Gasteiger partial charge is 0.508 e. The second-order valence-electron chi connectivity index (χ2n) is 7.91. The number of Topliss-reactive ketones (excluding diaryl/α,β-unsaturated/α-hetero) is 1. The Morgan fingerprint density at radius 3 is 2.42 bits per heavy atom. The minimum Gasteiger partial charge on any atom is -0.508 e. The summed E-state index contributed by atoms with van der Waals surface area (Å²) in [5, 5.41) is 22.8. The van der Waals surface area contributed by atoms with Crippen LogP contribution in [0, 0.1) is 0 Å². The summed E-state index contributed by atoms with van der Waals surface area (Å²) in [7, 11) is 0. The summed E-state index contributed by atoms with van der Waals surface area (Å²) in [5.74, 6) is -1.60. The molecular formula is C27H20N2O4. The molecule has 0 spiro atoms. The van der Waals surface area contributed by atoms with Crippen molar-refractivity contribution in [3.05, 3.63) is 114 Å². The normalized spacial score (nSPS) is 17.6. The summed E-state index contributed by atoms with van der Waals surface area (Å²) in [4.78, 5) is 31.9. The third-order valence-electron chi connectivity index (χ3n) is 5.87. The fourth-order valence-electron chi connectivity index (χ4n) is 4.31. The predicted molar refractivity (Wildman–Crippen MR) is 124 cm³/mol. The quantitative estimate of drug-likeness (QED) is 0.278. The second-order valence-corrected chi connectivity index (χ2v) is 7.91. The molecule has 0 bridgehead atoms. The Bertz CT molecular complexity index is 1390. The first-order chi connectivity index (χ1) is 16.0. The molecule has 2 N–H and O–H groups in total. The third kappa shape index (κ3) is 3.61. The van der Waals surface area contributed by atoms with Gasteiger partial charge >= 0.3 is 0 Å². The average Bonchev–Trinajstić information content (AvgIpc) is 3.09. The van der Waals surface area contributed by atoms with Crippen molar-refractivity contribution in [2.24, 2.45) is 0 Å². The number of phenolic OH excluding ortho intramolecular Hbond substituents is 1. The highest BCUT2D eigenvalue weighted by molar-refractivity contribution is 6.46. The number of fused-ring (bicyclic) bond motifs is 1. The Balaban J connectivity index is 1.71. The maximum absolute atomic E-state index is 13.2. The molecule has 0 radical (unpaired) electrons. The van der Waals surface area contributed by atoms with Gasteiger partial charge in [-0.25, -0.2) is 0 Å². The van der Waals surface area contributed by atoms with Crippen molar-refractivity contribution in [3.8, 4) is 5.75 Å². The van der Waals surface area contributed by atoms with E-state index in [-0.39, 0.29) is 23.6 Å². The van der Waals surface area contributed by atoms with E-state index in [0.717, 1.165) is 16.3 Å². The Morgan fingerprint density at radius 1 is 0.909 bits per heavy atom. The lowest BCUT2D eigenvalue weighted by molar-refractivity contribution is -0.140. The number of aliphatic hydroxyl groups excluding tert-OH is 1. The van der Waals surface area contributed by atoms with Crippen LogP contribution in [0.1, 0.15) is 22.7 Å². The number of phenols is 1. The number of nitrogens with zero attached hydrogens (tertiary/aromatic N) is 2. The van der Waals surface area contributed by atoms with Crippen LogP contribution in [0.5, 0.6) is 5.75 Å². The van der Waals surface area contributed by atoms with Gasteiger partial charge in [-0.05, 0) is 40.1 Å². The van der Waals surface area contributed by atoms with E-state index in [9.17, 15) is 19.8 Å². The molecule has 4 aromatic rings. The molecule has 6 heteroatoms. The van der Waals surface area contributed by atoms with Crippen molar-refractivity contribution < 1.29 is 19.8 Å². The van der Waals surface area contributed by atoms with Crippen molar-refractivity contribution in [1.29, 1.82) is 0 Å². The summed E-state index contributed by atoms with van der Waals surface area (Å²) < 4.78 is 0. The van der Waals surface area contributed by atoms with Gasteiger partial charge in [0, 0.05) is 24.5 Å². The van der Waals surface area contributed by atoms with Crippen LogP contribution >= 0.6 is 0 Å². The lowest BCUT2D eigenvalue weighted by atomic mass is 9.93. The fraction of sp³-hybridized carbons (Fsp3) is 0.0741. The highest BCUT2D eigenvalue weighted by atomic mass is 16.3. The number of amides is 1. The van der Waals surface area contributed by atoms with E-state index < -0.39 is 17.7 Å². The van der Waals surface area contributed by atoms with Crippen LogP contribution in [0.25, 0.3) is 16.5 Å². The number of aliphatic hydroxyl groups is 1. The van der Waals surface area contributed by atoms with E-state index in [1.807, 2.05) is 36.4 Å². The average molecular weight is 436 g/mol. The van der Waals surface area contributed by atoms with Crippen LogP contribution in [0.2, 0.25) is 0 Å². The van der Waals surface area contributed by atoms with E-state index in [2.05, 4.69) is 4.98 Å². The number of benzene rings is 3. The van der Waals surface area contributed by atoms with Crippen LogP contribution in [-0.4, -0.2) is 31.8 Å². The first kappa shape index (κ1) is 20.5. The van der Waals surface area contributed by atoms with Gasteiger partial charge in [0.2, 0.25) is 0 Å². The van der Waals surface area contributed by atoms with Crippen LogP contribution in [0.3, 0.4) is 0 Å². The van der Waals surface area contributed by atoms with Gasteiger partial charge in [0.15, 0.2) is 0 Å². The molecule has 162 valence electrons. The summed E-state index contributed by atoms with van der Waals surface area (Å²) in [6.45, 7) is 0.149. The number of carbonyl (C=O) groups is 2. The molecule has 3 aromatic carbocycles. The Morgan fingerprint density at radius 2 is 1.67 bits per heavy atom. The van der Waals surface area contributed by atoms with Crippen LogP contribution in [-0.2, 0) is 16.1 Å². The van der Waals surface area contributed by atoms with Gasteiger partial charge < -0.3 is 15.1 Å². The van der Waals surface area contributed by atoms with Gasteiger partial charge in [-0.1, -0.05) is 60.7 Å². The standard InChI is InChI=1S/C27H20N2O4/c30-20-12-10-19(11-13-20)24-23(25(31)22-9-3-7-18-6-1-2-8-21(18)22)26(32)27(33)29(24)16-17-5-4-14-28-15-17/h1-15,24,30-31H,16H2/b25-23-. The lowest BCUT2D eigenvalue weighted by Crippen LogP contribution is -2.29. The Labute approximate surface area is 190 Å².